The Morgan fingerprint density at radius 1 is 1.37 bits per heavy atom. The molecule has 1 fully saturated rings. The summed E-state index contributed by atoms with van der Waals surface area (Å²) in [7, 11) is 1.69. The molecule has 1 saturated carbocycles. The summed E-state index contributed by atoms with van der Waals surface area (Å²) in [5.41, 5.74) is 2.85. The van der Waals surface area contributed by atoms with E-state index in [1.807, 2.05) is 6.92 Å². The van der Waals surface area contributed by atoms with Gasteiger partial charge < -0.3 is 9.72 Å². The molecule has 1 heterocycles. The van der Waals surface area contributed by atoms with Gasteiger partial charge in [0.15, 0.2) is 0 Å². The number of hydrogen-bond acceptors (Lipinski definition) is 3. The lowest BCUT2D eigenvalue weighted by molar-refractivity contribution is 0.406. The number of fused-ring (bicyclic) bond motifs is 1. The molecule has 1 aromatic heterocycles. The first kappa shape index (κ1) is 12.2. The van der Waals surface area contributed by atoms with Gasteiger partial charge in [-0.15, -0.1) is 0 Å². The van der Waals surface area contributed by atoms with E-state index in [9.17, 15) is 4.79 Å². The number of benzene rings is 1. The fourth-order valence-electron chi connectivity index (χ4n) is 3.17. The van der Waals surface area contributed by atoms with E-state index < -0.39 is 0 Å². The second-order valence-corrected chi connectivity index (χ2v) is 5.27. The Hall–Kier alpha value is -1.84. The van der Waals surface area contributed by atoms with Gasteiger partial charge in [0, 0.05) is 17.1 Å². The van der Waals surface area contributed by atoms with Crippen LogP contribution < -0.4 is 10.4 Å². The second kappa shape index (κ2) is 4.68. The maximum Gasteiger partial charge on any atom is 0.345 e. The molecule has 0 radical (unpaired) electrons. The van der Waals surface area contributed by atoms with Crippen molar-refractivity contribution in [3.63, 3.8) is 0 Å². The minimum atomic E-state index is -0.292. The van der Waals surface area contributed by atoms with E-state index in [1.54, 1.807) is 13.3 Å². The Bertz CT molecular complexity index is 670. The van der Waals surface area contributed by atoms with Gasteiger partial charge in [-0.1, -0.05) is 12.8 Å². The third kappa shape index (κ3) is 2.01. The molecule has 0 unspecified atom stereocenters. The third-order valence-corrected chi connectivity index (χ3v) is 4.10. The van der Waals surface area contributed by atoms with Crippen LogP contribution in [0.4, 0.5) is 0 Å². The smallest absolute Gasteiger partial charge is 0.345 e. The molecule has 0 saturated heterocycles. The van der Waals surface area contributed by atoms with E-state index in [4.69, 9.17) is 4.74 Å². The molecule has 100 valence electrons. The number of methoxy groups -OCH3 is 1. The predicted molar refractivity (Wildman–Crippen MR) is 74.9 cm³/mol. The third-order valence-electron chi connectivity index (χ3n) is 4.10. The molecule has 0 aliphatic heterocycles. The van der Waals surface area contributed by atoms with E-state index >= 15 is 0 Å². The van der Waals surface area contributed by atoms with E-state index in [0.717, 1.165) is 27.8 Å². The quantitative estimate of drug-likeness (QED) is 0.901. The van der Waals surface area contributed by atoms with Crippen LogP contribution in [-0.4, -0.2) is 17.1 Å². The number of hydrogen-bond donors (Lipinski definition) is 1. The van der Waals surface area contributed by atoms with Crippen LogP contribution in [0.25, 0.3) is 10.9 Å². The lowest BCUT2D eigenvalue weighted by Gasteiger charge is -2.18. The van der Waals surface area contributed by atoms with Gasteiger partial charge in [-0.2, -0.15) is 0 Å². The number of nitrogens with zero attached hydrogens (tertiary/aromatic N) is 1. The first-order valence-electron chi connectivity index (χ1n) is 6.77. The highest BCUT2D eigenvalue weighted by molar-refractivity contribution is 5.87. The summed E-state index contributed by atoms with van der Waals surface area (Å²) in [6, 6.07) is 2.05. The number of ether oxygens (including phenoxy) is 1. The molecule has 0 atom stereocenters. The van der Waals surface area contributed by atoms with Crippen LogP contribution in [0.5, 0.6) is 5.75 Å². The van der Waals surface area contributed by atoms with Crippen molar-refractivity contribution >= 4 is 10.9 Å². The van der Waals surface area contributed by atoms with Crippen molar-refractivity contribution in [1.29, 1.82) is 0 Å². The van der Waals surface area contributed by atoms with Gasteiger partial charge in [-0.05, 0) is 37.3 Å². The zero-order valence-corrected chi connectivity index (χ0v) is 11.3. The summed E-state index contributed by atoms with van der Waals surface area (Å²) in [5.74, 6) is 1.37. The van der Waals surface area contributed by atoms with Crippen LogP contribution in [0.2, 0.25) is 0 Å². The van der Waals surface area contributed by atoms with Crippen LogP contribution in [0.1, 0.15) is 42.7 Å². The van der Waals surface area contributed by atoms with Crippen molar-refractivity contribution in [3.05, 3.63) is 33.9 Å². The molecule has 3 rings (SSSR count). The summed E-state index contributed by atoms with van der Waals surface area (Å²) in [6.07, 6.45) is 6.50. The van der Waals surface area contributed by atoms with Crippen molar-refractivity contribution in [2.75, 3.05) is 7.11 Å². The van der Waals surface area contributed by atoms with Gasteiger partial charge in [0.25, 0.3) is 0 Å². The van der Waals surface area contributed by atoms with Gasteiger partial charge >= 0.3 is 5.69 Å². The topological polar surface area (TPSA) is 55.0 Å². The predicted octanol–water partition coefficient (Wildman–Crippen LogP) is 2.90. The second-order valence-electron chi connectivity index (χ2n) is 5.27. The van der Waals surface area contributed by atoms with Gasteiger partial charge in [-0.25, -0.2) is 9.78 Å². The van der Waals surface area contributed by atoms with Gasteiger partial charge in [0.1, 0.15) is 5.75 Å². The van der Waals surface area contributed by atoms with E-state index in [0.29, 0.717) is 5.92 Å². The Morgan fingerprint density at radius 2 is 2.11 bits per heavy atom. The summed E-state index contributed by atoms with van der Waals surface area (Å²) < 4.78 is 5.54. The molecule has 1 N–H and O–H groups in total. The van der Waals surface area contributed by atoms with Crippen molar-refractivity contribution in [1.82, 2.24) is 9.97 Å². The fourth-order valence-corrected chi connectivity index (χ4v) is 3.17. The minimum absolute atomic E-state index is 0.292. The number of rotatable bonds is 2. The molecule has 0 amide bonds. The summed E-state index contributed by atoms with van der Waals surface area (Å²) in [6.45, 7) is 2.02. The minimum Gasteiger partial charge on any atom is -0.496 e. The maximum atomic E-state index is 11.6. The number of aromatic amines is 1. The zero-order valence-electron chi connectivity index (χ0n) is 11.3. The molecular weight excluding hydrogens is 240 g/mol. The molecule has 0 bridgehead atoms. The van der Waals surface area contributed by atoms with Crippen molar-refractivity contribution in [2.45, 2.75) is 38.5 Å². The first-order valence-corrected chi connectivity index (χ1v) is 6.77. The highest BCUT2D eigenvalue weighted by atomic mass is 16.5. The highest BCUT2D eigenvalue weighted by Crippen LogP contribution is 2.42. The fraction of sp³-hybridized carbons (Fsp3) is 0.467. The number of nitrogens with one attached hydrogen (secondary N) is 1. The average Bonchev–Trinajstić information content (AvgIpc) is 2.91. The SMILES string of the molecule is COc1cc(C)c2cnc(=O)[nH]c2c1C1CCCC1. The maximum absolute atomic E-state index is 11.6. The van der Waals surface area contributed by atoms with Crippen molar-refractivity contribution in [3.8, 4) is 5.75 Å². The van der Waals surface area contributed by atoms with Gasteiger partial charge in [0.05, 0.1) is 12.6 Å². The molecular formula is C15H18N2O2. The molecule has 2 aromatic rings. The first-order chi connectivity index (χ1) is 9.20. The van der Waals surface area contributed by atoms with Crippen LogP contribution in [0.15, 0.2) is 17.1 Å². The average molecular weight is 258 g/mol. The highest BCUT2D eigenvalue weighted by Gasteiger charge is 2.24. The zero-order chi connectivity index (χ0) is 13.4. The molecule has 1 aliphatic carbocycles. The Morgan fingerprint density at radius 3 is 2.79 bits per heavy atom. The van der Waals surface area contributed by atoms with Crippen LogP contribution >= 0.6 is 0 Å². The largest absolute Gasteiger partial charge is 0.496 e. The number of H-pyrrole nitrogens is 1. The summed E-state index contributed by atoms with van der Waals surface area (Å²) in [5, 5.41) is 1.02. The molecule has 4 heteroatoms. The Kier molecular flexibility index (Phi) is 3.01. The summed E-state index contributed by atoms with van der Waals surface area (Å²) >= 11 is 0. The standard InChI is InChI=1S/C15H18N2O2/c1-9-7-12(19-2)13(10-5-3-4-6-10)14-11(9)8-16-15(18)17-14/h7-8,10H,3-6H2,1-2H3,(H,16,17,18). The van der Waals surface area contributed by atoms with Crippen molar-refractivity contribution < 1.29 is 4.74 Å². The lowest BCUT2D eigenvalue weighted by Crippen LogP contribution is -2.12. The van der Waals surface area contributed by atoms with Gasteiger partial charge in [0.2, 0.25) is 0 Å². The van der Waals surface area contributed by atoms with Crippen LogP contribution in [-0.2, 0) is 0 Å². The molecule has 4 nitrogen and oxygen atoms in total. The van der Waals surface area contributed by atoms with Crippen LogP contribution in [0.3, 0.4) is 0 Å². The Labute approximate surface area is 111 Å². The van der Waals surface area contributed by atoms with Crippen LogP contribution in [0, 0.1) is 6.92 Å². The normalized spacial score (nSPS) is 16.1. The Balaban J connectivity index is 2.34. The van der Waals surface area contributed by atoms with E-state index in [2.05, 4.69) is 16.0 Å². The van der Waals surface area contributed by atoms with Gasteiger partial charge in [-0.3, -0.25) is 0 Å². The molecule has 1 aromatic carbocycles. The summed E-state index contributed by atoms with van der Waals surface area (Å²) in [4.78, 5) is 18.3. The molecule has 19 heavy (non-hydrogen) atoms. The number of aromatic nitrogens is 2. The van der Waals surface area contributed by atoms with Crippen molar-refractivity contribution in [2.24, 2.45) is 0 Å². The lowest BCUT2D eigenvalue weighted by atomic mass is 9.92. The number of aryl methyl sites for hydroxylation is 1. The van der Waals surface area contributed by atoms with E-state index in [1.165, 1.54) is 25.7 Å². The van der Waals surface area contributed by atoms with E-state index in [-0.39, 0.29) is 5.69 Å². The molecule has 1 aliphatic rings. The monoisotopic (exact) mass is 258 g/mol. The molecule has 0 spiro atoms.